The first-order valence-electron chi connectivity index (χ1n) is 10.2. The van der Waals surface area contributed by atoms with E-state index in [0.29, 0.717) is 36.7 Å². The summed E-state index contributed by atoms with van der Waals surface area (Å²) < 4.78 is 7.16. The Morgan fingerprint density at radius 1 is 1.03 bits per heavy atom. The van der Waals surface area contributed by atoms with Crippen molar-refractivity contribution in [2.24, 2.45) is 0 Å². The summed E-state index contributed by atoms with van der Waals surface area (Å²) in [4.78, 5) is 29.8. The Balaban J connectivity index is 1.49. The Hall–Kier alpha value is -3.93. The van der Waals surface area contributed by atoms with Crippen LogP contribution in [0, 0.1) is 0 Å². The molecule has 4 aromatic rings. The largest absolute Gasteiger partial charge is 0.493 e. The lowest BCUT2D eigenvalue weighted by atomic mass is 10.0. The molecule has 0 aliphatic heterocycles. The molecule has 0 radical (unpaired) electrons. The number of hydrogen-bond acceptors (Lipinski definition) is 4. The van der Waals surface area contributed by atoms with E-state index >= 15 is 0 Å². The van der Waals surface area contributed by atoms with Gasteiger partial charge >= 0.3 is 0 Å². The number of aromatic nitrogens is 2. The number of carbonyl (C=O) groups is 1. The smallest absolute Gasteiger partial charge is 0.255 e. The van der Waals surface area contributed by atoms with Crippen LogP contribution in [0.3, 0.4) is 0 Å². The second kappa shape index (κ2) is 9.26. The summed E-state index contributed by atoms with van der Waals surface area (Å²) in [7, 11) is 0. The highest BCUT2D eigenvalue weighted by atomic mass is 16.5. The van der Waals surface area contributed by atoms with E-state index in [9.17, 15) is 9.59 Å². The van der Waals surface area contributed by atoms with Crippen LogP contribution in [0.2, 0.25) is 0 Å². The molecule has 0 bridgehead atoms. The number of fused-ring (bicyclic) bond motifs is 1. The molecule has 0 saturated heterocycles. The van der Waals surface area contributed by atoms with E-state index in [2.05, 4.69) is 10.3 Å². The second-order valence-electron chi connectivity index (χ2n) is 7.02. The van der Waals surface area contributed by atoms with Gasteiger partial charge in [-0.3, -0.25) is 14.2 Å². The third-order valence-corrected chi connectivity index (χ3v) is 5.00. The van der Waals surface area contributed by atoms with E-state index in [-0.39, 0.29) is 11.5 Å². The number of ether oxygens (including phenoxy) is 1. The molecule has 31 heavy (non-hydrogen) atoms. The first-order valence-corrected chi connectivity index (χ1v) is 10.2. The summed E-state index contributed by atoms with van der Waals surface area (Å²) in [5.41, 5.74) is 1.86. The van der Waals surface area contributed by atoms with Crippen LogP contribution in [0.1, 0.15) is 17.3 Å². The molecule has 0 saturated carbocycles. The van der Waals surface area contributed by atoms with Gasteiger partial charge in [0.1, 0.15) is 5.75 Å². The lowest BCUT2D eigenvalue weighted by Crippen LogP contribution is -2.31. The molecule has 1 N–H and O–H groups in total. The lowest BCUT2D eigenvalue weighted by Gasteiger charge is -2.14. The standard InChI is InChI=1S/C25H23N3O3/c1-2-31-22-13-12-18-8-6-7-11-20(18)24(22)25(30)26-14-15-28-17-27-21(16-23(28)29)19-9-4-3-5-10-19/h3-13,16-17H,2,14-15H2,1H3,(H,26,30). The van der Waals surface area contributed by atoms with E-state index in [4.69, 9.17) is 4.74 Å². The molecule has 0 aliphatic rings. The third kappa shape index (κ3) is 4.48. The maximum absolute atomic E-state index is 13.0. The molecular formula is C25H23N3O3. The quantitative estimate of drug-likeness (QED) is 0.499. The van der Waals surface area contributed by atoms with Crippen LogP contribution in [-0.4, -0.2) is 28.6 Å². The number of nitrogens with zero attached hydrogens (tertiary/aromatic N) is 2. The van der Waals surface area contributed by atoms with Crippen molar-refractivity contribution < 1.29 is 9.53 Å². The molecule has 0 unspecified atom stereocenters. The van der Waals surface area contributed by atoms with Crippen molar-refractivity contribution in [3.8, 4) is 17.0 Å². The summed E-state index contributed by atoms with van der Waals surface area (Å²) in [6.07, 6.45) is 1.51. The maximum atomic E-state index is 13.0. The molecule has 0 atom stereocenters. The highest BCUT2D eigenvalue weighted by Crippen LogP contribution is 2.28. The summed E-state index contributed by atoms with van der Waals surface area (Å²) in [6, 6.07) is 22.5. The Labute approximate surface area is 180 Å². The van der Waals surface area contributed by atoms with Gasteiger partial charge in [-0.15, -0.1) is 0 Å². The van der Waals surface area contributed by atoms with Gasteiger partial charge in [-0.1, -0.05) is 60.7 Å². The molecule has 1 aromatic heterocycles. The minimum absolute atomic E-state index is 0.164. The van der Waals surface area contributed by atoms with Crippen LogP contribution in [0.15, 0.2) is 83.9 Å². The SMILES string of the molecule is CCOc1ccc2ccccc2c1C(=O)NCCn1cnc(-c2ccccc2)cc1=O. The molecule has 156 valence electrons. The summed E-state index contributed by atoms with van der Waals surface area (Å²) in [6.45, 7) is 2.96. The normalized spacial score (nSPS) is 10.7. The Kier molecular flexibility index (Phi) is 6.08. The minimum atomic E-state index is -0.234. The predicted molar refractivity (Wildman–Crippen MR) is 121 cm³/mol. The Bertz CT molecular complexity index is 1270. The van der Waals surface area contributed by atoms with E-state index in [1.807, 2.05) is 73.7 Å². The fraction of sp³-hybridized carbons (Fsp3) is 0.160. The molecule has 1 heterocycles. The number of benzene rings is 3. The van der Waals surface area contributed by atoms with Crippen LogP contribution < -0.4 is 15.6 Å². The molecule has 4 rings (SSSR count). The van der Waals surface area contributed by atoms with Crippen molar-refractivity contribution in [2.45, 2.75) is 13.5 Å². The van der Waals surface area contributed by atoms with Crippen molar-refractivity contribution in [1.82, 2.24) is 14.9 Å². The monoisotopic (exact) mass is 413 g/mol. The van der Waals surface area contributed by atoms with Crippen LogP contribution in [0.4, 0.5) is 0 Å². The van der Waals surface area contributed by atoms with E-state index in [0.717, 1.165) is 16.3 Å². The lowest BCUT2D eigenvalue weighted by molar-refractivity contribution is 0.0950. The molecule has 0 spiro atoms. The fourth-order valence-corrected chi connectivity index (χ4v) is 3.50. The molecule has 0 aliphatic carbocycles. The van der Waals surface area contributed by atoms with Crippen molar-refractivity contribution in [3.05, 3.63) is 95.0 Å². The number of hydrogen-bond donors (Lipinski definition) is 1. The zero-order valence-electron chi connectivity index (χ0n) is 17.2. The van der Waals surface area contributed by atoms with Gasteiger partial charge in [-0.2, -0.15) is 0 Å². The number of amides is 1. The van der Waals surface area contributed by atoms with Gasteiger partial charge in [0.15, 0.2) is 0 Å². The van der Waals surface area contributed by atoms with Crippen molar-refractivity contribution in [1.29, 1.82) is 0 Å². The van der Waals surface area contributed by atoms with Gasteiger partial charge in [-0.25, -0.2) is 4.98 Å². The van der Waals surface area contributed by atoms with Crippen LogP contribution >= 0.6 is 0 Å². The van der Waals surface area contributed by atoms with Gasteiger partial charge in [0.05, 0.1) is 24.2 Å². The Morgan fingerprint density at radius 3 is 2.58 bits per heavy atom. The number of rotatable bonds is 7. The molecular weight excluding hydrogens is 390 g/mol. The predicted octanol–water partition coefficient (Wildman–Crippen LogP) is 3.89. The molecule has 6 nitrogen and oxygen atoms in total. The average molecular weight is 413 g/mol. The second-order valence-corrected chi connectivity index (χ2v) is 7.02. The molecule has 6 heteroatoms. The Morgan fingerprint density at radius 2 is 1.81 bits per heavy atom. The van der Waals surface area contributed by atoms with Gasteiger partial charge in [0.25, 0.3) is 11.5 Å². The van der Waals surface area contributed by atoms with Gasteiger partial charge in [-0.05, 0) is 23.8 Å². The van der Waals surface area contributed by atoms with E-state index in [1.165, 1.54) is 17.0 Å². The average Bonchev–Trinajstić information content (AvgIpc) is 2.80. The molecule has 0 fully saturated rings. The van der Waals surface area contributed by atoms with Crippen molar-refractivity contribution in [3.63, 3.8) is 0 Å². The highest BCUT2D eigenvalue weighted by Gasteiger charge is 2.16. The summed E-state index contributed by atoms with van der Waals surface area (Å²) >= 11 is 0. The van der Waals surface area contributed by atoms with Gasteiger partial charge in [0, 0.05) is 24.7 Å². The minimum Gasteiger partial charge on any atom is -0.493 e. The topological polar surface area (TPSA) is 73.2 Å². The van der Waals surface area contributed by atoms with Crippen molar-refractivity contribution >= 4 is 16.7 Å². The fourth-order valence-electron chi connectivity index (χ4n) is 3.50. The summed E-state index contributed by atoms with van der Waals surface area (Å²) in [5.74, 6) is 0.312. The van der Waals surface area contributed by atoms with Gasteiger partial charge in [0.2, 0.25) is 0 Å². The first kappa shape index (κ1) is 20.3. The van der Waals surface area contributed by atoms with Crippen LogP contribution in [0.5, 0.6) is 5.75 Å². The van der Waals surface area contributed by atoms with E-state index in [1.54, 1.807) is 0 Å². The zero-order valence-corrected chi connectivity index (χ0v) is 17.2. The highest BCUT2D eigenvalue weighted by molar-refractivity contribution is 6.09. The third-order valence-electron chi connectivity index (χ3n) is 5.00. The van der Waals surface area contributed by atoms with Gasteiger partial charge < -0.3 is 10.1 Å². The number of nitrogens with one attached hydrogen (secondary N) is 1. The summed E-state index contributed by atoms with van der Waals surface area (Å²) in [5, 5.41) is 4.70. The zero-order chi connectivity index (χ0) is 21.6. The van der Waals surface area contributed by atoms with Crippen LogP contribution in [0.25, 0.3) is 22.0 Å². The van der Waals surface area contributed by atoms with Crippen molar-refractivity contribution in [2.75, 3.05) is 13.2 Å². The molecule has 3 aromatic carbocycles. The maximum Gasteiger partial charge on any atom is 0.255 e. The number of carbonyl (C=O) groups excluding carboxylic acids is 1. The van der Waals surface area contributed by atoms with Crippen LogP contribution in [-0.2, 0) is 6.54 Å². The molecule has 1 amide bonds. The first-order chi connectivity index (χ1) is 15.2. The van der Waals surface area contributed by atoms with E-state index < -0.39 is 0 Å².